The molecule has 1 amide bonds. The van der Waals surface area contributed by atoms with Crippen molar-refractivity contribution in [1.29, 1.82) is 0 Å². The van der Waals surface area contributed by atoms with E-state index < -0.39 is 0 Å². The van der Waals surface area contributed by atoms with E-state index in [0.717, 1.165) is 53.2 Å². The van der Waals surface area contributed by atoms with Crippen LogP contribution >= 0.6 is 0 Å². The van der Waals surface area contributed by atoms with Crippen LogP contribution in [0.25, 0.3) is 0 Å². The zero-order valence-corrected chi connectivity index (χ0v) is 16.0. The maximum Gasteiger partial charge on any atom is 0.292 e. The summed E-state index contributed by atoms with van der Waals surface area (Å²) in [6.45, 7) is 3.79. The molecule has 6 nitrogen and oxygen atoms in total. The molecular formula is C22H22N4O2. The third kappa shape index (κ3) is 3.67. The van der Waals surface area contributed by atoms with Gasteiger partial charge in [0.1, 0.15) is 11.6 Å². The second kappa shape index (κ2) is 7.68. The van der Waals surface area contributed by atoms with E-state index in [4.69, 9.17) is 4.42 Å². The summed E-state index contributed by atoms with van der Waals surface area (Å²) in [5.41, 5.74) is 7.54. The van der Waals surface area contributed by atoms with Gasteiger partial charge in [-0.2, -0.15) is 5.10 Å². The van der Waals surface area contributed by atoms with Crippen LogP contribution in [0.5, 0.6) is 0 Å². The van der Waals surface area contributed by atoms with E-state index in [1.807, 2.05) is 56.3 Å². The number of fused-ring (bicyclic) bond motifs is 1. The Morgan fingerprint density at radius 2 is 1.89 bits per heavy atom. The second-order valence-corrected chi connectivity index (χ2v) is 6.86. The number of benzene rings is 1. The van der Waals surface area contributed by atoms with Crippen molar-refractivity contribution in [3.05, 3.63) is 76.9 Å². The Hall–Kier alpha value is -3.41. The fourth-order valence-corrected chi connectivity index (χ4v) is 3.43. The predicted octanol–water partition coefficient (Wildman–Crippen LogP) is 4.70. The van der Waals surface area contributed by atoms with Gasteiger partial charge in [0, 0.05) is 23.2 Å². The highest BCUT2D eigenvalue weighted by atomic mass is 16.4. The maximum absolute atomic E-state index is 12.7. The van der Waals surface area contributed by atoms with E-state index in [0.29, 0.717) is 11.6 Å². The molecule has 28 heavy (non-hydrogen) atoms. The van der Waals surface area contributed by atoms with Crippen LogP contribution in [0.15, 0.2) is 58.0 Å². The fourth-order valence-electron chi connectivity index (χ4n) is 3.43. The number of nitrogens with one attached hydrogen (secondary N) is 2. The molecule has 4 rings (SSSR count). The molecule has 2 aromatic heterocycles. The van der Waals surface area contributed by atoms with Crippen molar-refractivity contribution in [3.8, 4) is 0 Å². The Kier molecular flexibility index (Phi) is 4.93. The number of furan rings is 1. The lowest BCUT2D eigenvalue weighted by molar-refractivity contribution is 0.0993. The quantitative estimate of drug-likeness (QED) is 0.649. The van der Waals surface area contributed by atoms with Crippen LogP contribution in [-0.4, -0.2) is 16.6 Å². The molecule has 1 aromatic carbocycles. The molecule has 0 bridgehead atoms. The first-order valence-corrected chi connectivity index (χ1v) is 9.37. The minimum atomic E-state index is -0.291. The highest BCUT2D eigenvalue weighted by molar-refractivity contribution is 6.09. The lowest BCUT2D eigenvalue weighted by Crippen LogP contribution is -2.15. The fraction of sp³-hybridized carbons (Fsp3) is 0.227. The number of para-hydroxylation sites is 1. The summed E-state index contributed by atoms with van der Waals surface area (Å²) in [5, 5.41) is 7.41. The van der Waals surface area contributed by atoms with Gasteiger partial charge in [0.15, 0.2) is 5.76 Å². The van der Waals surface area contributed by atoms with Crippen molar-refractivity contribution < 1.29 is 9.21 Å². The standard InChI is InChI=1S/C22H22N4O2/c1-14-8-6-13-19(23-14)24-22(27)21-15(2)20-17(11-7-12-18(20)28-21)26-25-16-9-4-3-5-10-16/h3-6,8-10,13,25H,7,11-12H2,1-2H3,(H,23,24,27)/b26-17+. The van der Waals surface area contributed by atoms with Gasteiger partial charge < -0.3 is 9.73 Å². The smallest absolute Gasteiger partial charge is 0.292 e. The topological polar surface area (TPSA) is 79.5 Å². The van der Waals surface area contributed by atoms with Crippen molar-refractivity contribution in [1.82, 2.24) is 4.98 Å². The van der Waals surface area contributed by atoms with Crippen molar-refractivity contribution in [3.63, 3.8) is 0 Å². The number of aromatic nitrogens is 1. The largest absolute Gasteiger partial charge is 0.455 e. The van der Waals surface area contributed by atoms with Crippen LogP contribution < -0.4 is 10.7 Å². The number of hydrogen-bond donors (Lipinski definition) is 2. The highest BCUT2D eigenvalue weighted by Crippen LogP contribution is 2.30. The molecule has 0 spiro atoms. The third-order valence-electron chi connectivity index (χ3n) is 4.76. The molecule has 1 aliphatic rings. The molecule has 0 fully saturated rings. The third-order valence-corrected chi connectivity index (χ3v) is 4.76. The van der Waals surface area contributed by atoms with Crippen LogP contribution in [0, 0.1) is 13.8 Å². The maximum atomic E-state index is 12.7. The summed E-state index contributed by atoms with van der Waals surface area (Å²) in [7, 11) is 0. The Balaban J connectivity index is 1.60. The van der Waals surface area contributed by atoms with Gasteiger partial charge in [-0.3, -0.25) is 10.2 Å². The molecule has 0 saturated heterocycles. The van der Waals surface area contributed by atoms with Gasteiger partial charge in [0.25, 0.3) is 5.91 Å². The second-order valence-electron chi connectivity index (χ2n) is 6.86. The highest BCUT2D eigenvalue weighted by Gasteiger charge is 2.28. The Morgan fingerprint density at radius 3 is 2.68 bits per heavy atom. The van der Waals surface area contributed by atoms with E-state index in [1.165, 1.54) is 0 Å². The first-order valence-electron chi connectivity index (χ1n) is 9.37. The number of carbonyl (C=O) groups is 1. The van der Waals surface area contributed by atoms with Gasteiger partial charge in [0.2, 0.25) is 0 Å². The van der Waals surface area contributed by atoms with Crippen LogP contribution in [0.3, 0.4) is 0 Å². The number of carbonyl (C=O) groups excluding carboxylic acids is 1. The normalized spacial score (nSPS) is 14.6. The number of hydrazone groups is 1. The van der Waals surface area contributed by atoms with Gasteiger partial charge >= 0.3 is 0 Å². The number of pyridine rings is 1. The molecule has 0 aliphatic heterocycles. The molecule has 0 unspecified atom stereocenters. The minimum absolute atomic E-state index is 0.291. The van der Waals surface area contributed by atoms with Gasteiger partial charge in [-0.15, -0.1) is 0 Å². The molecule has 6 heteroatoms. The lowest BCUT2D eigenvalue weighted by atomic mass is 9.93. The Labute approximate surface area is 163 Å². The van der Waals surface area contributed by atoms with Crippen molar-refractivity contribution in [2.45, 2.75) is 33.1 Å². The molecule has 2 heterocycles. The molecule has 0 saturated carbocycles. The Morgan fingerprint density at radius 1 is 1.07 bits per heavy atom. The van der Waals surface area contributed by atoms with E-state index in [9.17, 15) is 4.79 Å². The zero-order valence-electron chi connectivity index (χ0n) is 16.0. The number of rotatable bonds is 4. The summed E-state index contributed by atoms with van der Waals surface area (Å²) in [4.78, 5) is 17.1. The minimum Gasteiger partial charge on any atom is -0.455 e. The predicted molar refractivity (Wildman–Crippen MR) is 110 cm³/mol. The summed E-state index contributed by atoms with van der Waals surface area (Å²) < 4.78 is 5.93. The summed E-state index contributed by atoms with van der Waals surface area (Å²) in [5.74, 6) is 1.36. The summed E-state index contributed by atoms with van der Waals surface area (Å²) in [6.07, 6.45) is 2.58. The average molecular weight is 374 g/mol. The number of amides is 1. The molecular weight excluding hydrogens is 352 g/mol. The zero-order chi connectivity index (χ0) is 19.5. The van der Waals surface area contributed by atoms with Crippen LogP contribution in [0.2, 0.25) is 0 Å². The van der Waals surface area contributed by atoms with E-state index in [-0.39, 0.29) is 5.91 Å². The van der Waals surface area contributed by atoms with Crippen LogP contribution in [-0.2, 0) is 6.42 Å². The average Bonchev–Trinajstić information content (AvgIpc) is 3.05. The summed E-state index contributed by atoms with van der Waals surface area (Å²) in [6, 6.07) is 15.3. The SMILES string of the molecule is Cc1cccc(NC(=O)c2oc3c(c2C)/C(=N/Nc2ccccc2)CCC3)n1. The molecule has 142 valence electrons. The van der Waals surface area contributed by atoms with Gasteiger partial charge in [-0.1, -0.05) is 24.3 Å². The van der Waals surface area contributed by atoms with Gasteiger partial charge in [-0.05, 0) is 51.0 Å². The monoisotopic (exact) mass is 374 g/mol. The number of anilines is 2. The van der Waals surface area contributed by atoms with E-state index in [2.05, 4.69) is 20.8 Å². The van der Waals surface area contributed by atoms with Crippen LogP contribution in [0.4, 0.5) is 11.5 Å². The molecule has 0 atom stereocenters. The number of aryl methyl sites for hydroxylation is 2. The first-order chi connectivity index (χ1) is 13.6. The van der Waals surface area contributed by atoms with E-state index in [1.54, 1.807) is 6.07 Å². The van der Waals surface area contributed by atoms with Gasteiger partial charge in [0.05, 0.1) is 11.4 Å². The summed E-state index contributed by atoms with van der Waals surface area (Å²) >= 11 is 0. The lowest BCUT2D eigenvalue weighted by Gasteiger charge is -2.13. The van der Waals surface area contributed by atoms with E-state index >= 15 is 0 Å². The first kappa shape index (κ1) is 18.0. The molecule has 0 radical (unpaired) electrons. The number of hydrogen-bond acceptors (Lipinski definition) is 5. The van der Waals surface area contributed by atoms with Gasteiger partial charge in [-0.25, -0.2) is 4.98 Å². The van der Waals surface area contributed by atoms with Crippen molar-refractivity contribution in [2.24, 2.45) is 5.10 Å². The van der Waals surface area contributed by atoms with Crippen molar-refractivity contribution >= 4 is 23.1 Å². The number of nitrogens with zero attached hydrogens (tertiary/aromatic N) is 2. The van der Waals surface area contributed by atoms with Crippen molar-refractivity contribution in [2.75, 3.05) is 10.7 Å². The molecule has 1 aliphatic carbocycles. The molecule has 2 N–H and O–H groups in total. The Bertz CT molecular complexity index is 1040. The van der Waals surface area contributed by atoms with Crippen LogP contribution in [0.1, 0.15) is 46.0 Å². The molecule has 3 aromatic rings.